The van der Waals surface area contributed by atoms with Crippen LogP contribution in [0, 0.1) is 0 Å². The number of piperazine rings is 1. The lowest BCUT2D eigenvalue weighted by atomic mass is 9.94. The van der Waals surface area contributed by atoms with Gasteiger partial charge in [-0.2, -0.15) is 4.37 Å². The van der Waals surface area contributed by atoms with E-state index in [-0.39, 0.29) is 17.9 Å². The lowest BCUT2D eigenvalue weighted by Gasteiger charge is -2.41. The second-order valence-electron chi connectivity index (χ2n) is 7.85. The Bertz CT molecular complexity index is 960. The Morgan fingerprint density at radius 1 is 1.10 bits per heavy atom. The van der Waals surface area contributed by atoms with E-state index in [0.29, 0.717) is 0 Å². The van der Waals surface area contributed by atoms with Gasteiger partial charge in [0, 0.05) is 43.6 Å². The topological polar surface area (TPSA) is 49.3 Å². The second-order valence-corrected chi connectivity index (χ2v) is 8.58. The molecule has 1 amide bonds. The van der Waals surface area contributed by atoms with Crippen LogP contribution in [0.4, 0.5) is 5.13 Å². The van der Waals surface area contributed by atoms with Crippen molar-refractivity contribution in [2.45, 2.75) is 38.6 Å². The third kappa shape index (κ3) is 4.54. The molecule has 3 aromatic rings. The average molecular weight is 421 g/mol. The van der Waals surface area contributed by atoms with Crippen LogP contribution in [0.15, 0.2) is 60.7 Å². The summed E-state index contributed by atoms with van der Waals surface area (Å²) in [6, 6.07) is 20.6. The summed E-state index contributed by atoms with van der Waals surface area (Å²) in [5.74, 6) is 1.03. The molecule has 0 spiro atoms. The molecule has 2 aromatic carbocycles. The molecule has 2 heterocycles. The number of aromatic nitrogens is 2. The molecule has 6 heteroatoms. The van der Waals surface area contributed by atoms with E-state index in [1.165, 1.54) is 17.1 Å². The van der Waals surface area contributed by atoms with Gasteiger partial charge in [-0.3, -0.25) is 4.79 Å². The molecule has 1 fully saturated rings. The first-order valence-electron chi connectivity index (χ1n) is 10.6. The molecular weight excluding hydrogens is 392 g/mol. The van der Waals surface area contributed by atoms with Crippen molar-refractivity contribution in [3.8, 4) is 0 Å². The number of anilines is 1. The Hall–Kier alpha value is -2.73. The molecule has 1 aliphatic heterocycles. The SMILES string of the molecule is CC[C@@H](C(=O)N1CCN(c2nc(Cc3ccccc3)ns2)C[C@@H]1C)c1ccccc1. The van der Waals surface area contributed by atoms with Gasteiger partial charge in [0.05, 0.1) is 5.92 Å². The van der Waals surface area contributed by atoms with E-state index < -0.39 is 0 Å². The predicted molar refractivity (Wildman–Crippen MR) is 122 cm³/mol. The van der Waals surface area contributed by atoms with Crippen LogP contribution in [0.2, 0.25) is 0 Å². The van der Waals surface area contributed by atoms with Crippen LogP contribution in [0.25, 0.3) is 0 Å². The zero-order valence-electron chi connectivity index (χ0n) is 17.6. The van der Waals surface area contributed by atoms with Crippen molar-refractivity contribution in [1.82, 2.24) is 14.3 Å². The number of nitrogens with zero attached hydrogens (tertiary/aromatic N) is 4. The summed E-state index contributed by atoms with van der Waals surface area (Å²) in [5.41, 5.74) is 2.33. The highest BCUT2D eigenvalue weighted by molar-refractivity contribution is 7.09. The normalized spacial score (nSPS) is 17.7. The van der Waals surface area contributed by atoms with Crippen molar-refractivity contribution in [1.29, 1.82) is 0 Å². The molecule has 0 aliphatic carbocycles. The number of benzene rings is 2. The summed E-state index contributed by atoms with van der Waals surface area (Å²) in [6.45, 7) is 6.52. The van der Waals surface area contributed by atoms with Crippen LogP contribution in [-0.2, 0) is 11.2 Å². The molecule has 0 bridgehead atoms. The Kier molecular flexibility index (Phi) is 6.43. The van der Waals surface area contributed by atoms with Crippen LogP contribution in [0.5, 0.6) is 0 Å². The minimum atomic E-state index is -0.0702. The lowest BCUT2D eigenvalue weighted by Crippen LogP contribution is -2.55. The number of hydrogen-bond donors (Lipinski definition) is 0. The van der Waals surface area contributed by atoms with E-state index in [9.17, 15) is 4.79 Å². The molecule has 0 saturated carbocycles. The molecule has 4 rings (SSSR count). The zero-order chi connectivity index (χ0) is 20.9. The summed E-state index contributed by atoms with van der Waals surface area (Å²) in [4.78, 5) is 22.3. The fourth-order valence-corrected chi connectivity index (χ4v) is 4.84. The first kappa shape index (κ1) is 20.5. The van der Waals surface area contributed by atoms with E-state index in [0.717, 1.165) is 49.0 Å². The summed E-state index contributed by atoms with van der Waals surface area (Å²) in [6.07, 6.45) is 1.57. The highest BCUT2D eigenvalue weighted by atomic mass is 32.1. The van der Waals surface area contributed by atoms with E-state index in [4.69, 9.17) is 4.98 Å². The van der Waals surface area contributed by atoms with Crippen molar-refractivity contribution in [3.63, 3.8) is 0 Å². The van der Waals surface area contributed by atoms with E-state index in [1.54, 1.807) is 0 Å². The highest BCUT2D eigenvalue weighted by Gasteiger charge is 2.32. The minimum absolute atomic E-state index is 0.0702. The highest BCUT2D eigenvalue weighted by Crippen LogP contribution is 2.27. The molecule has 5 nitrogen and oxygen atoms in total. The van der Waals surface area contributed by atoms with Crippen molar-refractivity contribution in [3.05, 3.63) is 77.6 Å². The smallest absolute Gasteiger partial charge is 0.230 e. The zero-order valence-corrected chi connectivity index (χ0v) is 18.4. The van der Waals surface area contributed by atoms with Gasteiger partial charge in [-0.05, 0) is 24.5 Å². The third-order valence-electron chi connectivity index (χ3n) is 5.75. The largest absolute Gasteiger partial charge is 0.343 e. The second kappa shape index (κ2) is 9.39. The fraction of sp³-hybridized carbons (Fsp3) is 0.375. The number of hydrogen-bond acceptors (Lipinski definition) is 5. The van der Waals surface area contributed by atoms with Crippen LogP contribution in [0.3, 0.4) is 0 Å². The van der Waals surface area contributed by atoms with Crippen LogP contribution in [0.1, 0.15) is 43.1 Å². The molecule has 0 N–H and O–H groups in total. The molecule has 0 unspecified atom stereocenters. The van der Waals surface area contributed by atoms with Gasteiger partial charge in [0.25, 0.3) is 0 Å². The number of amides is 1. The molecule has 156 valence electrons. The minimum Gasteiger partial charge on any atom is -0.343 e. The van der Waals surface area contributed by atoms with Gasteiger partial charge in [0.2, 0.25) is 11.0 Å². The van der Waals surface area contributed by atoms with E-state index in [2.05, 4.69) is 47.4 Å². The molecule has 1 aromatic heterocycles. The van der Waals surface area contributed by atoms with Gasteiger partial charge in [-0.1, -0.05) is 67.6 Å². The molecule has 1 aliphatic rings. The Balaban J connectivity index is 1.40. The fourth-order valence-electron chi connectivity index (χ4n) is 4.12. The van der Waals surface area contributed by atoms with Crippen LogP contribution in [-0.4, -0.2) is 45.8 Å². The van der Waals surface area contributed by atoms with E-state index in [1.807, 2.05) is 41.3 Å². The number of carbonyl (C=O) groups is 1. The molecule has 1 saturated heterocycles. The monoisotopic (exact) mass is 420 g/mol. The lowest BCUT2D eigenvalue weighted by molar-refractivity contribution is -0.135. The van der Waals surface area contributed by atoms with Gasteiger partial charge >= 0.3 is 0 Å². The Morgan fingerprint density at radius 2 is 1.80 bits per heavy atom. The molecule has 0 radical (unpaired) electrons. The maximum Gasteiger partial charge on any atom is 0.230 e. The maximum atomic E-state index is 13.3. The Morgan fingerprint density at radius 3 is 2.47 bits per heavy atom. The number of rotatable bonds is 6. The summed E-state index contributed by atoms with van der Waals surface area (Å²) < 4.78 is 4.56. The number of carbonyl (C=O) groups excluding carboxylic acids is 1. The quantitative estimate of drug-likeness (QED) is 0.595. The average Bonchev–Trinajstić information content (AvgIpc) is 3.24. The van der Waals surface area contributed by atoms with Gasteiger partial charge in [0.1, 0.15) is 5.82 Å². The molecule has 30 heavy (non-hydrogen) atoms. The van der Waals surface area contributed by atoms with Crippen molar-refractivity contribution in [2.24, 2.45) is 0 Å². The van der Waals surface area contributed by atoms with Gasteiger partial charge < -0.3 is 9.80 Å². The molecule has 2 atom stereocenters. The summed E-state index contributed by atoms with van der Waals surface area (Å²) in [5, 5.41) is 0.954. The third-order valence-corrected chi connectivity index (χ3v) is 6.57. The van der Waals surface area contributed by atoms with Gasteiger partial charge in [0.15, 0.2) is 0 Å². The summed E-state index contributed by atoms with van der Waals surface area (Å²) in [7, 11) is 0. The first-order valence-corrected chi connectivity index (χ1v) is 11.4. The standard InChI is InChI=1S/C24H28N4OS/c1-3-21(20-12-8-5-9-13-20)23(29)28-15-14-27(17-18(28)2)24-25-22(26-30-24)16-19-10-6-4-7-11-19/h4-13,18,21H,3,14-17H2,1-2H3/t18-,21+/m0/s1. The van der Waals surface area contributed by atoms with Gasteiger partial charge in [-0.25, -0.2) is 4.98 Å². The van der Waals surface area contributed by atoms with Crippen molar-refractivity contribution >= 4 is 22.6 Å². The summed E-state index contributed by atoms with van der Waals surface area (Å²) >= 11 is 1.46. The Labute approximate surface area is 182 Å². The predicted octanol–water partition coefficient (Wildman–Crippen LogP) is 4.36. The first-order chi connectivity index (χ1) is 14.7. The van der Waals surface area contributed by atoms with Gasteiger partial charge in [-0.15, -0.1) is 0 Å². The van der Waals surface area contributed by atoms with Crippen LogP contribution >= 0.6 is 11.5 Å². The van der Waals surface area contributed by atoms with Crippen molar-refractivity contribution in [2.75, 3.05) is 24.5 Å². The van der Waals surface area contributed by atoms with E-state index >= 15 is 0 Å². The van der Waals surface area contributed by atoms with Crippen LogP contribution < -0.4 is 4.90 Å². The molecular formula is C24H28N4OS. The maximum absolute atomic E-state index is 13.3. The van der Waals surface area contributed by atoms with Crippen molar-refractivity contribution < 1.29 is 4.79 Å².